The maximum atomic E-state index is 6.96. The Hall–Kier alpha value is -11.7. The Morgan fingerprint density at radius 1 is 0.352 bits per heavy atom. The Labute approximate surface area is 646 Å². The van der Waals surface area contributed by atoms with Crippen LogP contribution in [0.2, 0.25) is 0 Å². The van der Waals surface area contributed by atoms with Crippen LogP contribution in [0.15, 0.2) is 285 Å². The number of rotatable bonds is 11. The first-order chi connectivity index (χ1) is 51.6. The third-order valence-corrected chi connectivity index (χ3v) is 21.5. The molecule has 6 aromatic heterocycles. The second-order valence-electron chi connectivity index (χ2n) is 32.8. The molecule has 0 saturated heterocycles. The SMILES string of the molecule is CC(C)(C)c1cc(-c2cc(-c3cc(C(C)(C)C)cc(C(C)(C)C)c3)cc(-c3ccc4c(c3)c3ccc(Oc5[c-]c(-n6[c-][n+](-c7ccccc7-c7ccccc7)c7ccccc76)ncc5)[c-]c3n4-c3ccc(-n4c5ccccc5c5cccc(-n6c7ccccc7c7ccccc76)c54)cn3)c2)cc(C(C)(C)C)c1.[Pt]. The molecule has 0 fully saturated rings. The van der Waals surface area contributed by atoms with E-state index in [1.807, 2.05) is 35.0 Å². The molecule has 0 saturated carbocycles. The van der Waals surface area contributed by atoms with Gasteiger partial charge in [0.25, 0.3) is 6.33 Å². The molecule has 0 aliphatic heterocycles. The molecule has 0 unspecified atom stereocenters. The second kappa shape index (κ2) is 26.4. The fourth-order valence-corrected chi connectivity index (χ4v) is 15.7. The first kappa shape index (κ1) is 69.3. The predicted molar refractivity (Wildman–Crippen MR) is 443 cm³/mol. The summed E-state index contributed by atoms with van der Waals surface area (Å²) in [6, 6.07) is 107. The van der Waals surface area contributed by atoms with Crippen LogP contribution < -0.4 is 9.30 Å². The molecule has 18 rings (SSSR count). The van der Waals surface area contributed by atoms with Crippen molar-refractivity contribution < 1.29 is 30.4 Å². The Kier molecular flexibility index (Phi) is 16.9. The van der Waals surface area contributed by atoms with Crippen LogP contribution in [0.5, 0.6) is 11.5 Å². The van der Waals surface area contributed by atoms with Gasteiger partial charge in [-0.05, 0) is 166 Å². The normalized spacial score (nSPS) is 12.4. The number of hydrogen-bond acceptors (Lipinski definition) is 3. The molecular formula is C99H83N7OPt-2. The Morgan fingerprint density at radius 2 is 0.861 bits per heavy atom. The maximum absolute atomic E-state index is 6.96. The van der Waals surface area contributed by atoms with Crippen molar-refractivity contribution in [2.45, 2.75) is 105 Å². The van der Waals surface area contributed by atoms with Gasteiger partial charge in [0.15, 0.2) is 0 Å². The molecular weight excluding hydrogens is 1500 g/mol. The fraction of sp³-hybridized carbons (Fsp3) is 0.162. The summed E-state index contributed by atoms with van der Waals surface area (Å²) in [7, 11) is 0. The largest absolute Gasteiger partial charge is 0.522 e. The molecule has 0 radical (unpaired) electrons. The van der Waals surface area contributed by atoms with Crippen molar-refractivity contribution >= 4 is 76.5 Å². The number of hydrogen-bond donors (Lipinski definition) is 0. The fourth-order valence-electron chi connectivity index (χ4n) is 15.7. The van der Waals surface area contributed by atoms with Gasteiger partial charge in [-0.3, -0.25) is 14.1 Å². The van der Waals surface area contributed by atoms with Gasteiger partial charge in [0.05, 0.1) is 62.2 Å². The molecule has 0 aliphatic carbocycles. The van der Waals surface area contributed by atoms with Gasteiger partial charge < -0.3 is 18.4 Å². The van der Waals surface area contributed by atoms with E-state index >= 15 is 0 Å². The number of benzene rings is 12. The van der Waals surface area contributed by atoms with Crippen molar-refractivity contribution in [2.24, 2.45) is 0 Å². The van der Waals surface area contributed by atoms with E-state index < -0.39 is 0 Å². The first-order valence-corrected chi connectivity index (χ1v) is 37.2. The van der Waals surface area contributed by atoms with Gasteiger partial charge in [-0.15, -0.1) is 17.5 Å². The van der Waals surface area contributed by atoms with Crippen molar-refractivity contribution in [1.29, 1.82) is 0 Å². The van der Waals surface area contributed by atoms with Gasteiger partial charge in [-0.2, -0.15) is 18.2 Å². The van der Waals surface area contributed by atoms with Gasteiger partial charge in [-0.25, -0.2) is 4.98 Å². The van der Waals surface area contributed by atoms with E-state index in [4.69, 9.17) is 14.7 Å². The third kappa shape index (κ3) is 12.2. The van der Waals surface area contributed by atoms with Crippen molar-refractivity contribution in [3.63, 3.8) is 0 Å². The second-order valence-corrected chi connectivity index (χ2v) is 32.8. The molecule has 532 valence electrons. The minimum absolute atomic E-state index is 0. The zero-order valence-electron chi connectivity index (χ0n) is 63.0. The summed E-state index contributed by atoms with van der Waals surface area (Å²) in [6.45, 7) is 27.9. The van der Waals surface area contributed by atoms with E-state index in [9.17, 15) is 0 Å². The average molecular weight is 1580 g/mol. The third-order valence-electron chi connectivity index (χ3n) is 21.5. The van der Waals surface area contributed by atoms with E-state index in [0.29, 0.717) is 17.3 Å². The number of pyridine rings is 2. The molecule has 108 heavy (non-hydrogen) atoms. The van der Waals surface area contributed by atoms with Gasteiger partial charge >= 0.3 is 0 Å². The van der Waals surface area contributed by atoms with Gasteiger partial charge in [0.1, 0.15) is 5.82 Å². The van der Waals surface area contributed by atoms with Gasteiger partial charge in [-0.1, -0.05) is 283 Å². The van der Waals surface area contributed by atoms with Crippen molar-refractivity contribution in [1.82, 2.24) is 28.2 Å². The van der Waals surface area contributed by atoms with E-state index in [1.54, 1.807) is 6.20 Å². The number of aromatic nitrogens is 7. The number of imidazole rings is 1. The van der Waals surface area contributed by atoms with Crippen molar-refractivity contribution in [2.75, 3.05) is 0 Å². The smallest absolute Gasteiger partial charge is 0.269 e. The molecule has 0 bridgehead atoms. The molecule has 0 amide bonds. The summed E-state index contributed by atoms with van der Waals surface area (Å²) < 4.78 is 18.1. The number of fused-ring (bicyclic) bond motifs is 10. The van der Waals surface area contributed by atoms with E-state index in [1.165, 1.54) is 60.7 Å². The number of para-hydroxylation sites is 7. The van der Waals surface area contributed by atoms with Crippen LogP contribution >= 0.6 is 0 Å². The molecule has 0 atom stereocenters. The van der Waals surface area contributed by atoms with Gasteiger partial charge in [0, 0.05) is 53.9 Å². The summed E-state index contributed by atoms with van der Waals surface area (Å²) in [5.74, 6) is 2.26. The van der Waals surface area contributed by atoms with Crippen LogP contribution in [0.4, 0.5) is 0 Å². The zero-order chi connectivity index (χ0) is 73.4. The van der Waals surface area contributed by atoms with Crippen LogP contribution in [0.25, 0.3) is 150 Å². The van der Waals surface area contributed by atoms with Gasteiger partial charge in [0.2, 0.25) is 0 Å². The van der Waals surface area contributed by atoms with E-state index in [-0.39, 0.29) is 42.7 Å². The van der Waals surface area contributed by atoms with Crippen LogP contribution in [0, 0.1) is 18.5 Å². The first-order valence-electron chi connectivity index (χ1n) is 37.2. The summed E-state index contributed by atoms with van der Waals surface area (Å²) >= 11 is 0. The monoisotopic (exact) mass is 1580 g/mol. The summed E-state index contributed by atoms with van der Waals surface area (Å²) in [4.78, 5) is 10.4. The molecule has 6 heterocycles. The van der Waals surface area contributed by atoms with Crippen molar-refractivity contribution in [3.8, 4) is 84.7 Å². The molecule has 18 aromatic rings. The number of ether oxygens (including phenoxy) is 1. The predicted octanol–water partition coefficient (Wildman–Crippen LogP) is 25.0. The molecule has 0 spiro atoms. The quantitative estimate of drug-likeness (QED) is 0.0958. The van der Waals surface area contributed by atoms with Crippen LogP contribution in [0.3, 0.4) is 0 Å². The van der Waals surface area contributed by atoms with Crippen LogP contribution in [0.1, 0.15) is 105 Å². The summed E-state index contributed by atoms with van der Waals surface area (Å²) in [5, 5.41) is 6.82. The Morgan fingerprint density at radius 3 is 1.46 bits per heavy atom. The zero-order valence-corrected chi connectivity index (χ0v) is 65.3. The summed E-state index contributed by atoms with van der Waals surface area (Å²) in [5.41, 5.74) is 25.4. The minimum Gasteiger partial charge on any atom is -0.522 e. The topological polar surface area (TPSA) is 58.6 Å². The molecule has 8 nitrogen and oxygen atoms in total. The Bertz CT molecular complexity index is 6360. The van der Waals surface area contributed by atoms with Crippen molar-refractivity contribution in [3.05, 3.63) is 326 Å². The molecule has 0 aliphatic rings. The minimum atomic E-state index is -0.0740. The average Bonchev–Trinajstić information content (AvgIpc) is 1.56. The maximum Gasteiger partial charge on any atom is 0.269 e. The Balaban J connectivity index is 0.00000854. The van der Waals surface area contributed by atoms with Crippen LogP contribution in [-0.2, 0) is 42.7 Å². The standard InChI is InChI=1S/C99H83N7O.Pt/c1-96(2,3)70-52-68(53-71(57-70)97(4,5)6)66-49-65(50-67(51-66)69-54-72(98(7,8)9)58-73(55-69)99(10,11)12)64-41-45-88-83(56-64)81-44-43-75(107-76-47-48-100-94(60-76)103-62-102(89-38-24-25-39-90(89)103)84-34-20-16-29-77(84)63-27-14-13-15-28-63)59-92(81)106(88)93-46-42-74(61-101-93)104-85-35-21-19-32-80(85)82-33-26-40-91(95(82)104)105-86-36-22-17-30-78(86)79-31-18-23-37-87(79)105;/h13-58,61H,1-12H3;/q-2;. The number of nitrogens with zero attached hydrogens (tertiary/aromatic N) is 7. The molecule has 9 heteroatoms. The molecule has 0 N–H and O–H groups in total. The van der Waals surface area contributed by atoms with Crippen LogP contribution in [-0.4, -0.2) is 28.2 Å². The molecule has 12 aromatic carbocycles. The van der Waals surface area contributed by atoms with E-state index in [2.05, 4.69) is 369 Å². The van der Waals surface area contributed by atoms with E-state index in [0.717, 1.165) is 105 Å². The summed E-state index contributed by atoms with van der Waals surface area (Å²) in [6.07, 6.45) is 7.47.